The van der Waals surface area contributed by atoms with E-state index in [1.807, 2.05) is 0 Å². The Bertz CT molecular complexity index is 797. The third kappa shape index (κ3) is 43.6. The van der Waals surface area contributed by atoms with Crippen LogP contribution < -0.4 is 0 Å². The summed E-state index contributed by atoms with van der Waals surface area (Å²) in [6.45, 7) is 17.9. The molecule has 0 aromatic carbocycles. The lowest BCUT2D eigenvalue weighted by atomic mass is 9.94. The molecule has 5 heteroatoms. The van der Waals surface area contributed by atoms with Gasteiger partial charge in [-0.1, -0.05) is 227 Å². The quantitative estimate of drug-likeness (QED) is 0.0375. The van der Waals surface area contributed by atoms with Crippen LogP contribution in [0.1, 0.15) is 285 Å². The minimum absolute atomic E-state index is 0.00604. The average molecular weight is 848 g/mol. The first kappa shape index (κ1) is 58.9. The fourth-order valence-corrected chi connectivity index (χ4v) is 8.87. The van der Waals surface area contributed by atoms with E-state index in [-0.39, 0.29) is 12.6 Å². The van der Waals surface area contributed by atoms with Gasteiger partial charge >= 0.3 is 5.97 Å². The summed E-state index contributed by atoms with van der Waals surface area (Å²) >= 11 is 0. The number of aliphatic hydroxyl groups excluding tert-OH is 1. The summed E-state index contributed by atoms with van der Waals surface area (Å²) < 4.78 is 12.2. The van der Waals surface area contributed by atoms with Crippen molar-refractivity contribution in [1.82, 2.24) is 4.90 Å². The summed E-state index contributed by atoms with van der Waals surface area (Å²) in [5.41, 5.74) is 0. The molecule has 0 aliphatic rings. The van der Waals surface area contributed by atoms with E-state index in [2.05, 4.69) is 39.2 Å². The van der Waals surface area contributed by atoms with E-state index in [1.165, 1.54) is 205 Å². The Labute approximate surface area is 377 Å². The molecule has 0 heterocycles. The molecule has 5 nitrogen and oxygen atoms in total. The van der Waals surface area contributed by atoms with Crippen LogP contribution in [-0.2, 0) is 14.3 Å². The van der Waals surface area contributed by atoms with Crippen LogP contribution in [0.5, 0.6) is 0 Å². The van der Waals surface area contributed by atoms with E-state index in [0.717, 1.165) is 76.9 Å². The van der Waals surface area contributed by atoms with Crippen molar-refractivity contribution in [2.75, 3.05) is 39.5 Å². The number of unbranched alkanes of at least 4 members (excludes halogenated alkanes) is 28. The maximum atomic E-state index is 12.7. The van der Waals surface area contributed by atoms with Crippen molar-refractivity contribution in [3.05, 3.63) is 12.3 Å². The normalized spacial score (nSPS) is 12.6. The predicted octanol–water partition coefficient (Wildman–Crippen LogP) is 17.3. The number of carbonyl (C=O) groups is 1. The van der Waals surface area contributed by atoms with Gasteiger partial charge in [0.25, 0.3) is 0 Å². The third-order valence-electron chi connectivity index (χ3n) is 13.1. The molecule has 0 aromatic rings. The number of hydrogen-bond acceptors (Lipinski definition) is 5. The molecule has 0 radical (unpaired) electrons. The maximum Gasteiger partial charge on any atom is 0.305 e. The van der Waals surface area contributed by atoms with Crippen molar-refractivity contribution in [1.29, 1.82) is 0 Å². The molecule has 0 aromatic heterocycles. The summed E-state index contributed by atoms with van der Waals surface area (Å²) in [5, 5.41) is 9.71. The molecule has 0 bridgehead atoms. The molecule has 0 fully saturated rings. The summed E-state index contributed by atoms with van der Waals surface area (Å²) in [6.07, 6.45) is 50.9. The van der Waals surface area contributed by atoms with Crippen molar-refractivity contribution < 1.29 is 19.4 Å². The van der Waals surface area contributed by atoms with Gasteiger partial charge in [-0.3, -0.25) is 4.79 Å². The van der Waals surface area contributed by atoms with E-state index >= 15 is 0 Å². The van der Waals surface area contributed by atoms with Gasteiger partial charge in [-0.2, -0.15) is 0 Å². The maximum absolute atomic E-state index is 12.7. The van der Waals surface area contributed by atoms with E-state index in [0.29, 0.717) is 24.9 Å². The predicted molar refractivity (Wildman–Crippen MR) is 264 cm³/mol. The standard InChI is InChI=1S/C55H109NO4/c1-6-10-14-18-22-24-28-35-42-53(41-33-26-20-16-12-8-3)50-59-52(5)40-32-30-38-46-56(48-49-57)47-39-31-37-45-55(58)60-51-54(43-34-27-21-17-13-9-4)44-36-29-25-23-19-15-11-7-2/h53-54,57H,5-51H2,1-4H3. The zero-order valence-electron chi connectivity index (χ0n) is 41.5. The van der Waals surface area contributed by atoms with Crippen LogP contribution in [0.4, 0.5) is 0 Å². The van der Waals surface area contributed by atoms with Gasteiger partial charge in [-0.05, 0) is 76.3 Å². The van der Waals surface area contributed by atoms with Crippen LogP contribution in [-0.4, -0.2) is 55.4 Å². The highest BCUT2D eigenvalue weighted by Gasteiger charge is 2.14. The zero-order chi connectivity index (χ0) is 43.8. The second kappa shape index (κ2) is 49.0. The Morgan fingerprint density at radius 3 is 1.10 bits per heavy atom. The lowest BCUT2D eigenvalue weighted by Gasteiger charge is -2.21. The Morgan fingerprint density at radius 2 is 0.733 bits per heavy atom. The molecule has 0 spiro atoms. The van der Waals surface area contributed by atoms with Crippen molar-refractivity contribution >= 4 is 5.97 Å². The summed E-state index contributed by atoms with van der Waals surface area (Å²) in [6, 6.07) is 0. The van der Waals surface area contributed by atoms with Crippen molar-refractivity contribution in [3.63, 3.8) is 0 Å². The van der Waals surface area contributed by atoms with Crippen LogP contribution >= 0.6 is 0 Å². The minimum atomic E-state index is -0.00604. The van der Waals surface area contributed by atoms with Crippen LogP contribution in [0.25, 0.3) is 0 Å². The lowest BCUT2D eigenvalue weighted by Crippen LogP contribution is -2.29. The van der Waals surface area contributed by atoms with Crippen LogP contribution in [0.2, 0.25) is 0 Å². The number of carbonyl (C=O) groups excluding carboxylic acids is 1. The highest BCUT2D eigenvalue weighted by Crippen LogP contribution is 2.23. The zero-order valence-corrected chi connectivity index (χ0v) is 41.5. The topological polar surface area (TPSA) is 59.0 Å². The first-order valence-corrected chi connectivity index (χ1v) is 27.3. The molecule has 0 aliphatic heterocycles. The van der Waals surface area contributed by atoms with Gasteiger partial charge in [-0.25, -0.2) is 0 Å². The molecule has 0 aliphatic carbocycles. The van der Waals surface area contributed by atoms with Crippen molar-refractivity contribution in [2.45, 2.75) is 285 Å². The highest BCUT2D eigenvalue weighted by atomic mass is 16.5. The van der Waals surface area contributed by atoms with Crippen LogP contribution in [0, 0.1) is 11.8 Å². The van der Waals surface area contributed by atoms with Crippen LogP contribution in [0.3, 0.4) is 0 Å². The van der Waals surface area contributed by atoms with E-state index in [9.17, 15) is 9.90 Å². The van der Waals surface area contributed by atoms with E-state index in [1.54, 1.807) is 0 Å². The number of esters is 1. The van der Waals surface area contributed by atoms with Gasteiger partial charge in [0.2, 0.25) is 0 Å². The monoisotopic (exact) mass is 848 g/mol. The smallest absolute Gasteiger partial charge is 0.305 e. The molecule has 2 atom stereocenters. The third-order valence-corrected chi connectivity index (χ3v) is 13.1. The van der Waals surface area contributed by atoms with E-state index in [4.69, 9.17) is 9.47 Å². The molecular weight excluding hydrogens is 739 g/mol. The van der Waals surface area contributed by atoms with Gasteiger partial charge in [0.15, 0.2) is 0 Å². The van der Waals surface area contributed by atoms with Gasteiger partial charge in [-0.15, -0.1) is 0 Å². The molecule has 358 valence electrons. The van der Waals surface area contributed by atoms with Gasteiger partial charge in [0.1, 0.15) is 0 Å². The number of ether oxygens (including phenoxy) is 2. The van der Waals surface area contributed by atoms with Gasteiger partial charge in [0.05, 0.1) is 25.6 Å². The Kier molecular flexibility index (Phi) is 48.1. The molecule has 60 heavy (non-hydrogen) atoms. The van der Waals surface area contributed by atoms with Crippen LogP contribution in [0.15, 0.2) is 12.3 Å². The number of hydrogen-bond donors (Lipinski definition) is 1. The number of aliphatic hydroxyl groups is 1. The Morgan fingerprint density at radius 1 is 0.417 bits per heavy atom. The molecule has 1 N–H and O–H groups in total. The molecular formula is C55H109NO4. The summed E-state index contributed by atoms with van der Waals surface area (Å²) in [5.74, 6) is 2.17. The first-order valence-electron chi connectivity index (χ1n) is 27.3. The molecule has 0 rings (SSSR count). The second-order valence-electron chi connectivity index (χ2n) is 19.1. The van der Waals surface area contributed by atoms with Gasteiger partial charge in [0, 0.05) is 19.4 Å². The average Bonchev–Trinajstić information content (AvgIpc) is 3.25. The molecule has 0 saturated heterocycles. The fourth-order valence-electron chi connectivity index (χ4n) is 8.87. The van der Waals surface area contributed by atoms with E-state index < -0.39 is 0 Å². The summed E-state index contributed by atoms with van der Waals surface area (Å²) in [4.78, 5) is 15.1. The SMILES string of the molecule is C=C(CCCCCN(CCO)CCCCCC(=O)OCC(CCCCCCCC)CCCCCCCCCC)OCC(CCCCCCCC)CCCCCCCCCC. The first-order chi connectivity index (χ1) is 29.5. The number of nitrogens with zero attached hydrogens (tertiary/aromatic N) is 1. The van der Waals surface area contributed by atoms with Crippen molar-refractivity contribution in [3.8, 4) is 0 Å². The molecule has 0 saturated carbocycles. The second-order valence-corrected chi connectivity index (χ2v) is 19.1. The van der Waals surface area contributed by atoms with Gasteiger partial charge < -0.3 is 19.5 Å². The number of allylic oxidation sites excluding steroid dienone is 1. The minimum Gasteiger partial charge on any atom is -0.498 e. The van der Waals surface area contributed by atoms with Crippen molar-refractivity contribution in [2.24, 2.45) is 11.8 Å². The fraction of sp³-hybridized carbons (Fsp3) is 0.945. The lowest BCUT2D eigenvalue weighted by molar-refractivity contribution is -0.145. The molecule has 2 unspecified atom stereocenters. The number of rotatable bonds is 51. The largest absolute Gasteiger partial charge is 0.498 e. The Balaban J connectivity index is 4.35. The summed E-state index contributed by atoms with van der Waals surface area (Å²) in [7, 11) is 0. The highest BCUT2D eigenvalue weighted by molar-refractivity contribution is 5.69. The molecule has 0 amide bonds. The Hall–Kier alpha value is -1.07.